The molecule has 0 aromatic carbocycles. The number of nitrogens with two attached hydrogens (primary N) is 1. The molecule has 0 aliphatic heterocycles. The van der Waals surface area contributed by atoms with Gasteiger partial charge in [-0.15, -0.1) is 6.42 Å². The van der Waals surface area contributed by atoms with Crippen LogP contribution < -0.4 is 5.73 Å². The van der Waals surface area contributed by atoms with Gasteiger partial charge in [-0.3, -0.25) is 4.90 Å². The average molecular weight is 168 g/mol. The topological polar surface area (TPSA) is 29.3 Å². The van der Waals surface area contributed by atoms with Crippen molar-refractivity contribution in [2.45, 2.75) is 32.7 Å². The average Bonchev–Trinajstić information content (AvgIpc) is 2.04. The summed E-state index contributed by atoms with van der Waals surface area (Å²) < 4.78 is 0. The Morgan fingerprint density at radius 3 is 2.58 bits per heavy atom. The van der Waals surface area contributed by atoms with Crippen LogP contribution in [0.4, 0.5) is 0 Å². The van der Waals surface area contributed by atoms with E-state index < -0.39 is 0 Å². The highest BCUT2D eigenvalue weighted by Crippen LogP contribution is 1.96. The van der Waals surface area contributed by atoms with Crippen LogP contribution >= 0.6 is 0 Å². The zero-order valence-electron chi connectivity index (χ0n) is 8.21. The van der Waals surface area contributed by atoms with Gasteiger partial charge in [-0.05, 0) is 13.0 Å². The van der Waals surface area contributed by atoms with E-state index >= 15 is 0 Å². The van der Waals surface area contributed by atoms with Gasteiger partial charge in [0.1, 0.15) is 0 Å². The molecule has 0 bridgehead atoms. The summed E-state index contributed by atoms with van der Waals surface area (Å²) in [6.45, 7) is 6.89. The minimum absolute atomic E-state index is 0.281. The maximum Gasteiger partial charge on any atom is 0.0599 e. The summed E-state index contributed by atoms with van der Waals surface area (Å²) in [5.74, 6) is 2.64. The monoisotopic (exact) mass is 168 g/mol. The first-order valence-corrected chi connectivity index (χ1v) is 4.65. The summed E-state index contributed by atoms with van der Waals surface area (Å²) in [6.07, 6.45) is 7.45. The summed E-state index contributed by atoms with van der Waals surface area (Å²) in [6, 6.07) is 0.281. The molecule has 0 aromatic heterocycles. The fourth-order valence-electron chi connectivity index (χ4n) is 1.23. The maximum atomic E-state index is 5.88. The Balaban J connectivity index is 3.62. The lowest BCUT2D eigenvalue weighted by atomic mass is 10.2. The van der Waals surface area contributed by atoms with Crippen LogP contribution in [-0.4, -0.2) is 30.6 Å². The van der Waals surface area contributed by atoms with Crippen LogP contribution in [-0.2, 0) is 0 Å². The van der Waals surface area contributed by atoms with Gasteiger partial charge >= 0.3 is 0 Å². The zero-order chi connectivity index (χ0) is 9.40. The second-order valence-electron chi connectivity index (χ2n) is 3.08. The van der Waals surface area contributed by atoms with Crippen molar-refractivity contribution in [1.29, 1.82) is 0 Å². The van der Waals surface area contributed by atoms with E-state index in [9.17, 15) is 0 Å². The van der Waals surface area contributed by atoms with Crippen molar-refractivity contribution < 1.29 is 0 Å². The zero-order valence-corrected chi connectivity index (χ0v) is 8.21. The largest absolute Gasteiger partial charge is 0.327 e. The maximum absolute atomic E-state index is 5.88. The van der Waals surface area contributed by atoms with Gasteiger partial charge in [-0.25, -0.2) is 0 Å². The predicted octanol–water partition coefficient (Wildman–Crippen LogP) is 1.07. The summed E-state index contributed by atoms with van der Waals surface area (Å²) in [5.41, 5.74) is 5.88. The third kappa shape index (κ3) is 5.17. The second kappa shape index (κ2) is 7.15. The second-order valence-corrected chi connectivity index (χ2v) is 3.08. The molecule has 2 nitrogen and oxygen atoms in total. The van der Waals surface area contributed by atoms with E-state index in [2.05, 4.69) is 24.7 Å². The Hall–Kier alpha value is -0.520. The van der Waals surface area contributed by atoms with Crippen molar-refractivity contribution in [3.63, 3.8) is 0 Å². The summed E-state index contributed by atoms with van der Waals surface area (Å²) >= 11 is 0. The van der Waals surface area contributed by atoms with E-state index in [1.54, 1.807) is 0 Å². The minimum Gasteiger partial charge on any atom is -0.327 e. The molecule has 0 aliphatic carbocycles. The van der Waals surface area contributed by atoms with Crippen LogP contribution in [0.5, 0.6) is 0 Å². The minimum atomic E-state index is 0.281. The molecule has 0 rings (SSSR count). The molecule has 0 spiro atoms. The van der Waals surface area contributed by atoms with Gasteiger partial charge < -0.3 is 5.73 Å². The van der Waals surface area contributed by atoms with E-state index in [-0.39, 0.29) is 6.04 Å². The Kier molecular flexibility index (Phi) is 6.84. The number of hydrogen-bond acceptors (Lipinski definition) is 2. The molecular weight excluding hydrogens is 148 g/mol. The van der Waals surface area contributed by atoms with Gasteiger partial charge in [0.05, 0.1) is 6.54 Å². The van der Waals surface area contributed by atoms with Gasteiger partial charge in [0, 0.05) is 12.6 Å². The van der Waals surface area contributed by atoms with Gasteiger partial charge in [-0.1, -0.05) is 26.2 Å². The first-order chi connectivity index (χ1) is 5.74. The van der Waals surface area contributed by atoms with Crippen molar-refractivity contribution in [2.75, 3.05) is 19.6 Å². The van der Waals surface area contributed by atoms with E-state index in [1.165, 1.54) is 0 Å². The lowest BCUT2D eigenvalue weighted by Crippen LogP contribution is -2.37. The highest BCUT2D eigenvalue weighted by molar-refractivity contribution is 4.88. The first kappa shape index (κ1) is 11.5. The van der Waals surface area contributed by atoms with E-state index in [1.807, 2.05) is 0 Å². The molecule has 0 radical (unpaired) electrons. The van der Waals surface area contributed by atoms with E-state index in [0.29, 0.717) is 6.54 Å². The molecule has 1 unspecified atom stereocenters. The number of terminal acetylenes is 1. The van der Waals surface area contributed by atoms with Gasteiger partial charge in [0.2, 0.25) is 0 Å². The molecule has 2 N–H and O–H groups in total. The molecule has 12 heavy (non-hydrogen) atoms. The Morgan fingerprint density at radius 1 is 1.50 bits per heavy atom. The molecule has 70 valence electrons. The Morgan fingerprint density at radius 2 is 2.17 bits per heavy atom. The van der Waals surface area contributed by atoms with Gasteiger partial charge in [-0.2, -0.15) is 0 Å². The van der Waals surface area contributed by atoms with Crippen LogP contribution in [0.15, 0.2) is 0 Å². The lowest BCUT2D eigenvalue weighted by Gasteiger charge is -2.21. The molecule has 0 heterocycles. The molecule has 0 amide bonds. The van der Waals surface area contributed by atoms with Crippen LogP contribution in [0, 0.1) is 12.3 Å². The number of likely N-dealkylation sites (N-methyl/N-ethyl adjacent to an activating group) is 1. The smallest absolute Gasteiger partial charge is 0.0599 e. The van der Waals surface area contributed by atoms with Gasteiger partial charge in [0.25, 0.3) is 0 Å². The number of hydrogen-bond donors (Lipinski definition) is 1. The fraction of sp³-hybridized carbons (Fsp3) is 0.800. The summed E-state index contributed by atoms with van der Waals surface area (Å²) in [4.78, 5) is 2.19. The molecule has 2 heteroatoms. The third-order valence-corrected chi connectivity index (χ3v) is 1.91. The fourth-order valence-corrected chi connectivity index (χ4v) is 1.23. The molecule has 0 saturated heterocycles. The third-order valence-electron chi connectivity index (χ3n) is 1.91. The number of nitrogens with zero attached hydrogens (tertiary/aromatic N) is 1. The number of rotatable bonds is 6. The summed E-state index contributed by atoms with van der Waals surface area (Å²) in [5, 5.41) is 0. The van der Waals surface area contributed by atoms with Crippen molar-refractivity contribution >= 4 is 0 Å². The van der Waals surface area contributed by atoms with Crippen molar-refractivity contribution in [3.8, 4) is 12.3 Å². The molecule has 1 atom stereocenters. The van der Waals surface area contributed by atoms with E-state index in [4.69, 9.17) is 12.2 Å². The predicted molar refractivity (Wildman–Crippen MR) is 53.8 cm³/mol. The van der Waals surface area contributed by atoms with Crippen LogP contribution in [0.1, 0.15) is 26.7 Å². The molecule has 0 saturated carbocycles. The summed E-state index contributed by atoms with van der Waals surface area (Å²) in [7, 11) is 0. The highest BCUT2D eigenvalue weighted by atomic mass is 15.1. The van der Waals surface area contributed by atoms with E-state index in [0.717, 1.165) is 25.9 Å². The van der Waals surface area contributed by atoms with Crippen molar-refractivity contribution in [3.05, 3.63) is 0 Å². The molecule has 0 aliphatic rings. The Bertz CT molecular complexity index is 137. The normalized spacial score (nSPS) is 12.9. The highest BCUT2D eigenvalue weighted by Gasteiger charge is 2.06. The SMILES string of the molecule is C#CCN(CC)CC(N)CCC. The molecule has 0 aromatic rings. The quantitative estimate of drug-likeness (QED) is 0.601. The standard InChI is InChI=1S/C10H20N2/c1-4-7-10(11)9-12(6-3)8-5-2/h2,10H,4,6-9,11H2,1,3H3. The molecular formula is C10H20N2. The lowest BCUT2D eigenvalue weighted by molar-refractivity contribution is 0.294. The van der Waals surface area contributed by atoms with Crippen molar-refractivity contribution in [1.82, 2.24) is 4.90 Å². The van der Waals surface area contributed by atoms with Crippen molar-refractivity contribution in [2.24, 2.45) is 5.73 Å². The van der Waals surface area contributed by atoms with Crippen LogP contribution in [0.3, 0.4) is 0 Å². The van der Waals surface area contributed by atoms with Gasteiger partial charge in [0.15, 0.2) is 0 Å². The first-order valence-electron chi connectivity index (χ1n) is 4.65. The van der Waals surface area contributed by atoms with Crippen LogP contribution in [0.25, 0.3) is 0 Å². The van der Waals surface area contributed by atoms with Crippen LogP contribution in [0.2, 0.25) is 0 Å². The molecule has 0 fully saturated rings. The Labute approximate surface area is 76.1 Å².